The topological polar surface area (TPSA) is 9.23 Å². The van der Waals surface area contributed by atoms with Crippen molar-refractivity contribution >= 4 is 0 Å². The zero-order chi connectivity index (χ0) is 15.6. The molecular formula is C19H40O. The molecule has 122 valence electrons. The van der Waals surface area contributed by atoms with Gasteiger partial charge in [-0.05, 0) is 31.6 Å². The molecule has 2 unspecified atom stereocenters. The van der Waals surface area contributed by atoms with Gasteiger partial charge in [-0.2, -0.15) is 0 Å². The van der Waals surface area contributed by atoms with E-state index in [-0.39, 0.29) is 0 Å². The van der Waals surface area contributed by atoms with Crippen LogP contribution in [-0.2, 0) is 4.74 Å². The highest BCUT2D eigenvalue weighted by atomic mass is 16.5. The van der Waals surface area contributed by atoms with Crippen LogP contribution in [0, 0.1) is 11.8 Å². The maximum atomic E-state index is 5.93. The first-order valence-corrected chi connectivity index (χ1v) is 8.84. The minimum absolute atomic E-state index is 0.790. The Labute approximate surface area is 129 Å². The molecule has 2 atom stereocenters. The molecule has 0 amide bonds. The highest BCUT2D eigenvalue weighted by molar-refractivity contribution is 4.59. The molecule has 0 bridgehead atoms. The lowest BCUT2D eigenvalue weighted by atomic mass is 9.99. The smallest absolute Gasteiger partial charge is 0.0494 e. The molecule has 0 aliphatic heterocycles. The minimum Gasteiger partial charge on any atom is -0.381 e. The molecule has 0 aliphatic rings. The van der Waals surface area contributed by atoms with Crippen molar-refractivity contribution in [3.8, 4) is 0 Å². The van der Waals surface area contributed by atoms with Gasteiger partial charge in [0.2, 0.25) is 0 Å². The summed E-state index contributed by atoms with van der Waals surface area (Å²) in [7, 11) is 0. The highest BCUT2D eigenvalue weighted by Crippen LogP contribution is 2.16. The summed E-state index contributed by atoms with van der Waals surface area (Å²) >= 11 is 0. The van der Waals surface area contributed by atoms with Crippen LogP contribution in [0.3, 0.4) is 0 Å². The van der Waals surface area contributed by atoms with Gasteiger partial charge in [-0.15, -0.1) is 6.58 Å². The Bertz CT molecular complexity index is 161. The predicted octanol–water partition coefficient (Wildman–Crippen LogP) is 6.63. The molecule has 1 heteroatoms. The molecule has 0 aromatic carbocycles. The zero-order valence-electron chi connectivity index (χ0n) is 14.9. The summed E-state index contributed by atoms with van der Waals surface area (Å²) in [5.74, 6) is 1.58. The largest absolute Gasteiger partial charge is 0.381 e. The molecule has 0 spiro atoms. The van der Waals surface area contributed by atoms with Gasteiger partial charge in [0.25, 0.3) is 0 Å². The second-order valence-corrected chi connectivity index (χ2v) is 5.78. The van der Waals surface area contributed by atoms with Crippen molar-refractivity contribution in [1.82, 2.24) is 0 Å². The van der Waals surface area contributed by atoms with Crippen molar-refractivity contribution in [2.75, 3.05) is 13.2 Å². The minimum atomic E-state index is 0.790. The van der Waals surface area contributed by atoms with Crippen molar-refractivity contribution in [1.29, 1.82) is 0 Å². The van der Waals surface area contributed by atoms with Crippen LogP contribution in [0.1, 0.15) is 86.0 Å². The highest BCUT2D eigenvalue weighted by Gasteiger charge is 2.09. The molecular weight excluding hydrogens is 244 g/mol. The van der Waals surface area contributed by atoms with Crippen LogP contribution in [0.4, 0.5) is 0 Å². The third kappa shape index (κ3) is 15.8. The molecule has 0 aromatic rings. The number of rotatable bonds is 12. The predicted molar refractivity (Wildman–Crippen MR) is 93.3 cm³/mol. The average molecular weight is 285 g/mol. The Balaban J connectivity index is 0. The molecule has 0 rings (SSSR count). The second kappa shape index (κ2) is 18.7. The Morgan fingerprint density at radius 3 is 1.45 bits per heavy atom. The van der Waals surface area contributed by atoms with E-state index >= 15 is 0 Å². The van der Waals surface area contributed by atoms with Crippen LogP contribution in [0.5, 0.6) is 0 Å². The van der Waals surface area contributed by atoms with E-state index in [0.29, 0.717) is 0 Å². The summed E-state index contributed by atoms with van der Waals surface area (Å²) in [6, 6.07) is 0. The number of unbranched alkanes of at least 4 members (excludes halogenated alkanes) is 2. The lowest BCUT2D eigenvalue weighted by molar-refractivity contribution is 0.0630. The van der Waals surface area contributed by atoms with Gasteiger partial charge in [-0.25, -0.2) is 0 Å². The van der Waals surface area contributed by atoms with Gasteiger partial charge < -0.3 is 4.74 Å². The van der Waals surface area contributed by atoms with Crippen molar-refractivity contribution in [2.45, 2.75) is 86.0 Å². The van der Waals surface area contributed by atoms with Crippen LogP contribution >= 0.6 is 0 Å². The van der Waals surface area contributed by atoms with E-state index in [1.807, 2.05) is 6.92 Å². The summed E-state index contributed by atoms with van der Waals surface area (Å²) in [5.41, 5.74) is 0. The van der Waals surface area contributed by atoms with Gasteiger partial charge in [0.1, 0.15) is 0 Å². The van der Waals surface area contributed by atoms with Crippen LogP contribution in [0.15, 0.2) is 12.7 Å². The average Bonchev–Trinajstić information content (AvgIpc) is 2.46. The van der Waals surface area contributed by atoms with E-state index < -0.39 is 0 Å². The third-order valence-electron chi connectivity index (χ3n) is 3.79. The molecule has 0 heterocycles. The molecule has 0 fully saturated rings. The van der Waals surface area contributed by atoms with Gasteiger partial charge in [0, 0.05) is 13.2 Å². The van der Waals surface area contributed by atoms with Crippen molar-refractivity contribution < 1.29 is 4.74 Å². The summed E-state index contributed by atoms with van der Waals surface area (Å²) in [4.78, 5) is 0. The van der Waals surface area contributed by atoms with Crippen molar-refractivity contribution in [3.05, 3.63) is 12.7 Å². The third-order valence-corrected chi connectivity index (χ3v) is 3.79. The zero-order valence-corrected chi connectivity index (χ0v) is 14.9. The fourth-order valence-electron chi connectivity index (χ4n) is 2.20. The maximum Gasteiger partial charge on any atom is 0.0494 e. The number of hydrogen-bond donors (Lipinski definition) is 0. The van der Waals surface area contributed by atoms with Crippen LogP contribution in [0.2, 0.25) is 0 Å². The fourth-order valence-corrected chi connectivity index (χ4v) is 2.20. The Kier molecular flexibility index (Phi) is 20.6. The van der Waals surface area contributed by atoms with E-state index in [0.717, 1.165) is 25.0 Å². The Hall–Kier alpha value is -0.300. The number of hydrogen-bond acceptors (Lipinski definition) is 1. The number of allylic oxidation sites excluding steroid dienone is 1. The summed E-state index contributed by atoms with van der Waals surface area (Å²) in [5, 5.41) is 0. The van der Waals surface area contributed by atoms with E-state index in [9.17, 15) is 0 Å². The van der Waals surface area contributed by atoms with Gasteiger partial charge >= 0.3 is 0 Å². The van der Waals surface area contributed by atoms with E-state index in [1.54, 1.807) is 6.08 Å². The SMILES string of the molecule is C=CC.CCCCC(CC)COCC(CC)CCCC. The molecule has 1 nitrogen and oxygen atoms in total. The van der Waals surface area contributed by atoms with Crippen molar-refractivity contribution in [3.63, 3.8) is 0 Å². The standard InChI is InChI=1S/C16H34O.C3H6/c1-5-9-11-15(7-3)13-17-14-16(8-4)12-10-6-2;1-3-2/h15-16H,5-14H2,1-4H3;3H,1H2,2H3. The Morgan fingerprint density at radius 2 is 1.20 bits per heavy atom. The lowest BCUT2D eigenvalue weighted by Crippen LogP contribution is -2.14. The van der Waals surface area contributed by atoms with E-state index in [1.165, 1.54) is 51.4 Å². The molecule has 20 heavy (non-hydrogen) atoms. The summed E-state index contributed by atoms with van der Waals surface area (Å²) < 4.78 is 5.93. The number of ether oxygens (including phenoxy) is 1. The summed E-state index contributed by atoms with van der Waals surface area (Å²) in [6.07, 6.45) is 12.3. The van der Waals surface area contributed by atoms with Crippen LogP contribution in [0.25, 0.3) is 0 Å². The molecule has 0 aromatic heterocycles. The summed E-state index contributed by atoms with van der Waals surface area (Å²) in [6.45, 7) is 16.3. The van der Waals surface area contributed by atoms with E-state index in [2.05, 4.69) is 34.3 Å². The quantitative estimate of drug-likeness (QED) is 0.365. The van der Waals surface area contributed by atoms with Crippen LogP contribution < -0.4 is 0 Å². The van der Waals surface area contributed by atoms with Gasteiger partial charge in [0.05, 0.1) is 0 Å². The van der Waals surface area contributed by atoms with Crippen molar-refractivity contribution in [2.24, 2.45) is 11.8 Å². The first kappa shape index (κ1) is 22.0. The maximum absolute atomic E-state index is 5.93. The molecule has 0 radical (unpaired) electrons. The molecule has 0 aliphatic carbocycles. The molecule has 0 N–H and O–H groups in total. The lowest BCUT2D eigenvalue weighted by Gasteiger charge is -2.18. The molecule has 0 saturated carbocycles. The first-order valence-electron chi connectivity index (χ1n) is 8.84. The first-order chi connectivity index (χ1) is 9.69. The van der Waals surface area contributed by atoms with E-state index in [4.69, 9.17) is 4.74 Å². The van der Waals surface area contributed by atoms with Gasteiger partial charge in [0.15, 0.2) is 0 Å². The van der Waals surface area contributed by atoms with Gasteiger partial charge in [-0.1, -0.05) is 72.3 Å². The van der Waals surface area contributed by atoms with Crippen LogP contribution in [-0.4, -0.2) is 13.2 Å². The molecule has 0 saturated heterocycles. The Morgan fingerprint density at radius 1 is 0.850 bits per heavy atom. The van der Waals surface area contributed by atoms with Gasteiger partial charge in [-0.3, -0.25) is 0 Å². The fraction of sp³-hybridized carbons (Fsp3) is 0.895. The monoisotopic (exact) mass is 284 g/mol. The second-order valence-electron chi connectivity index (χ2n) is 5.78. The normalized spacial score (nSPS) is 13.2.